The van der Waals surface area contributed by atoms with Crippen LogP contribution in [0.1, 0.15) is 5.56 Å². The maximum absolute atomic E-state index is 13.1. The van der Waals surface area contributed by atoms with E-state index in [0.717, 1.165) is 16.8 Å². The molecular weight excluding hydrogens is 413 g/mol. The van der Waals surface area contributed by atoms with Crippen LogP contribution in [0.2, 0.25) is 0 Å². The predicted octanol–water partition coefficient (Wildman–Crippen LogP) is 3.10. The Bertz CT molecular complexity index is 1120. The van der Waals surface area contributed by atoms with Crippen molar-refractivity contribution in [1.82, 2.24) is 14.8 Å². The fourth-order valence-electron chi connectivity index (χ4n) is 2.51. The maximum Gasteiger partial charge on any atom is 0.416 e. The molecule has 0 fully saturated rings. The predicted molar refractivity (Wildman–Crippen MR) is 96.7 cm³/mol. The first-order valence-electron chi connectivity index (χ1n) is 7.97. The minimum atomic E-state index is -4.66. The van der Waals surface area contributed by atoms with Crippen LogP contribution < -0.4 is 14.2 Å². The number of ether oxygens (including phenoxy) is 2. The van der Waals surface area contributed by atoms with E-state index < -0.39 is 21.8 Å². The molecular formula is C17H15F3N4O4S. The van der Waals surface area contributed by atoms with Gasteiger partial charge >= 0.3 is 6.18 Å². The number of anilines is 1. The highest BCUT2D eigenvalue weighted by Gasteiger charge is 2.32. The minimum Gasteiger partial charge on any atom is -0.493 e. The van der Waals surface area contributed by atoms with Crippen molar-refractivity contribution in [3.05, 3.63) is 54.6 Å². The Morgan fingerprint density at radius 3 is 2.34 bits per heavy atom. The van der Waals surface area contributed by atoms with Gasteiger partial charge in [0.1, 0.15) is 12.7 Å². The summed E-state index contributed by atoms with van der Waals surface area (Å²) in [6.45, 7) is 0. The third kappa shape index (κ3) is 4.26. The van der Waals surface area contributed by atoms with Crippen LogP contribution >= 0.6 is 0 Å². The van der Waals surface area contributed by atoms with Crippen LogP contribution in [0.15, 0.2) is 53.9 Å². The molecule has 3 aromatic rings. The Labute approximate surface area is 164 Å². The Morgan fingerprint density at radius 2 is 1.76 bits per heavy atom. The topological polar surface area (TPSA) is 95.3 Å². The standard InChI is InChI=1S/C17H15F3N4O4S/c1-27-15-6-4-12(8-16(15)28-2)29(25,26)23-13-7-11(17(18,19)20)3-5-14(13)24-10-21-9-22-24/h3-10,23H,1-2H3. The van der Waals surface area contributed by atoms with Gasteiger partial charge < -0.3 is 9.47 Å². The van der Waals surface area contributed by atoms with Crippen molar-refractivity contribution in [2.24, 2.45) is 0 Å². The quantitative estimate of drug-likeness (QED) is 0.648. The van der Waals surface area contributed by atoms with Crippen LogP contribution in [0.4, 0.5) is 18.9 Å². The number of nitrogens with zero attached hydrogens (tertiary/aromatic N) is 3. The van der Waals surface area contributed by atoms with Gasteiger partial charge in [-0.15, -0.1) is 0 Å². The van der Waals surface area contributed by atoms with Gasteiger partial charge in [0.25, 0.3) is 10.0 Å². The van der Waals surface area contributed by atoms with Crippen LogP contribution in [0, 0.1) is 0 Å². The third-order valence-electron chi connectivity index (χ3n) is 3.90. The van der Waals surface area contributed by atoms with E-state index in [0.29, 0.717) is 11.8 Å². The van der Waals surface area contributed by atoms with Gasteiger partial charge in [-0.05, 0) is 30.3 Å². The smallest absolute Gasteiger partial charge is 0.416 e. The van der Waals surface area contributed by atoms with Crippen LogP contribution in [0.3, 0.4) is 0 Å². The molecule has 0 aliphatic carbocycles. The number of rotatable bonds is 6. The van der Waals surface area contributed by atoms with E-state index in [4.69, 9.17) is 9.47 Å². The molecule has 0 unspecified atom stereocenters. The fourth-order valence-corrected chi connectivity index (χ4v) is 3.59. The molecule has 1 N–H and O–H groups in total. The van der Waals surface area contributed by atoms with E-state index in [1.54, 1.807) is 0 Å². The highest BCUT2D eigenvalue weighted by atomic mass is 32.2. The molecule has 0 saturated heterocycles. The van der Waals surface area contributed by atoms with Crippen LogP contribution in [-0.4, -0.2) is 37.4 Å². The molecule has 0 aliphatic heterocycles. The number of sulfonamides is 1. The lowest BCUT2D eigenvalue weighted by Crippen LogP contribution is -2.16. The van der Waals surface area contributed by atoms with Crippen molar-refractivity contribution < 1.29 is 31.1 Å². The zero-order valence-corrected chi connectivity index (χ0v) is 16.0. The molecule has 29 heavy (non-hydrogen) atoms. The van der Waals surface area contributed by atoms with Crippen LogP contribution in [0.5, 0.6) is 11.5 Å². The molecule has 8 nitrogen and oxygen atoms in total. The summed E-state index contributed by atoms with van der Waals surface area (Å²) < 4.78 is 78.5. The first-order chi connectivity index (χ1) is 13.7. The highest BCUT2D eigenvalue weighted by molar-refractivity contribution is 7.92. The molecule has 0 saturated carbocycles. The first kappa shape index (κ1) is 20.5. The summed E-state index contributed by atoms with van der Waals surface area (Å²) in [6.07, 6.45) is -2.26. The van der Waals surface area contributed by atoms with Gasteiger partial charge in [-0.3, -0.25) is 4.72 Å². The van der Waals surface area contributed by atoms with Crippen molar-refractivity contribution in [1.29, 1.82) is 0 Å². The van der Waals surface area contributed by atoms with E-state index in [1.807, 2.05) is 0 Å². The Kier molecular flexibility index (Phi) is 5.38. The number of halogens is 3. The third-order valence-corrected chi connectivity index (χ3v) is 5.26. The van der Waals surface area contributed by atoms with Gasteiger partial charge in [-0.2, -0.15) is 18.3 Å². The van der Waals surface area contributed by atoms with E-state index in [9.17, 15) is 21.6 Å². The molecule has 0 aliphatic rings. The summed E-state index contributed by atoms with van der Waals surface area (Å²) in [4.78, 5) is 3.50. The summed E-state index contributed by atoms with van der Waals surface area (Å²) in [5.74, 6) is 0.449. The van der Waals surface area contributed by atoms with Gasteiger partial charge in [-0.1, -0.05) is 0 Å². The molecule has 2 aromatic carbocycles. The lowest BCUT2D eigenvalue weighted by atomic mass is 10.1. The van der Waals surface area contributed by atoms with Gasteiger partial charge in [0, 0.05) is 6.07 Å². The Hall–Kier alpha value is -3.28. The molecule has 154 valence electrons. The van der Waals surface area contributed by atoms with Crippen molar-refractivity contribution in [3.8, 4) is 17.2 Å². The van der Waals surface area contributed by atoms with E-state index in [2.05, 4.69) is 14.8 Å². The normalized spacial score (nSPS) is 11.9. The average molecular weight is 428 g/mol. The van der Waals surface area contributed by atoms with Gasteiger partial charge in [0.05, 0.1) is 36.1 Å². The van der Waals surface area contributed by atoms with E-state index in [-0.39, 0.29) is 22.0 Å². The SMILES string of the molecule is COc1ccc(S(=O)(=O)Nc2cc(C(F)(F)F)ccc2-n2cncn2)cc1OC. The van der Waals surface area contributed by atoms with E-state index >= 15 is 0 Å². The highest BCUT2D eigenvalue weighted by Crippen LogP contribution is 2.35. The lowest BCUT2D eigenvalue weighted by molar-refractivity contribution is -0.137. The summed E-state index contributed by atoms with van der Waals surface area (Å²) in [5.41, 5.74) is -1.27. The van der Waals surface area contributed by atoms with Gasteiger partial charge in [-0.25, -0.2) is 18.1 Å². The second-order valence-electron chi connectivity index (χ2n) is 5.69. The summed E-state index contributed by atoms with van der Waals surface area (Å²) in [5, 5.41) is 3.84. The summed E-state index contributed by atoms with van der Waals surface area (Å²) >= 11 is 0. The number of methoxy groups -OCH3 is 2. The summed E-state index contributed by atoms with van der Waals surface area (Å²) in [6, 6.07) is 6.43. The van der Waals surface area contributed by atoms with Crippen LogP contribution in [-0.2, 0) is 16.2 Å². The molecule has 0 atom stereocenters. The van der Waals surface area contributed by atoms with E-state index in [1.165, 1.54) is 45.1 Å². The lowest BCUT2D eigenvalue weighted by Gasteiger charge is -2.16. The van der Waals surface area contributed by atoms with Crippen molar-refractivity contribution in [2.45, 2.75) is 11.1 Å². The molecule has 3 rings (SSSR count). The average Bonchev–Trinajstić information content (AvgIpc) is 3.20. The van der Waals surface area contributed by atoms with Gasteiger partial charge in [0.15, 0.2) is 11.5 Å². The van der Waals surface area contributed by atoms with Crippen molar-refractivity contribution in [2.75, 3.05) is 18.9 Å². The zero-order valence-electron chi connectivity index (χ0n) is 15.1. The second kappa shape index (κ2) is 7.62. The molecule has 1 heterocycles. The van der Waals surface area contributed by atoms with Crippen molar-refractivity contribution in [3.63, 3.8) is 0 Å². The molecule has 0 radical (unpaired) electrons. The number of hydrogen-bond acceptors (Lipinski definition) is 6. The first-order valence-corrected chi connectivity index (χ1v) is 9.45. The summed E-state index contributed by atoms with van der Waals surface area (Å²) in [7, 11) is -1.54. The maximum atomic E-state index is 13.1. The Morgan fingerprint density at radius 1 is 1.03 bits per heavy atom. The number of aromatic nitrogens is 3. The monoisotopic (exact) mass is 428 g/mol. The molecule has 0 spiro atoms. The number of nitrogens with one attached hydrogen (secondary N) is 1. The van der Waals surface area contributed by atoms with Gasteiger partial charge in [0.2, 0.25) is 0 Å². The second-order valence-corrected chi connectivity index (χ2v) is 7.37. The molecule has 0 amide bonds. The molecule has 1 aromatic heterocycles. The molecule has 0 bridgehead atoms. The number of hydrogen-bond donors (Lipinski definition) is 1. The van der Waals surface area contributed by atoms with Crippen molar-refractivity contribution >= 4 is 15.7 Å². The largest absolute Gasteiger partial charge is 0.493 e. The number of benzene rings is 2. The molecule has 12 heteroatoms. The Balaban J connectivity index is 2.08. The number of alkyl halides is 3. The van der Waals surface area contributed by atoms with Crippen LogP contribution in [0.25, 0.3) is 5.69 Å². The minimum absolute atomic E-state index is 0.0690. The fraction of sp³-hybridized carbons (Fsp3) is 0.176. The zero-order chi connectivity index (χ0) is 21.2.